The van der Waals surface area contributed by atoms with Crippen LogP contribution in [0.3, 0.4) is 0 Å². The number of carboxylic acids is 1. The first-order valence-corrected chi connectivity index (χ1v) is 7.38. The molecule has 20 heavy (non-hydrogen) atoms. The molecule has 3 heteroatoms. The van der Waals surface area contributed by atoms with Crippen LogP contribution in [0.2, 0.25) is 0 Å². The van der Waals surface area contributed by atoms with Crippen molar-refractivity contribution in [2.75, 3.05) is 0 Å². The fraction of sp³-hybridized carbons (Fsp3) is 0.588. The number of carboxylic acid groups (broad SMARTS) is 1. The molecular weight excluding hydrogens is 250 g/mol. The molecule has 0 aromatic heterocycles. The van der Waals surface area contributed by atoms with Gasteiger partial charge in [-0.1, -0.05) is 52.0 Å². The third-order valence-electron chi connectivity index (χ3n) is 4.17. The first-order valence-electron chi connectivity index (χ1n) is 7.38. The van der Waals surface area contributed by atoms with Crippen molar-refractivity contribution in [3.8, 4) is 0 Å². The van der Waals surface area contributed by atoms with Crippen molar-refractivity contribution in [3.63, 3.8) is 0 Å². The summed E-state index contributed by atoms with van der Waals surface area (Å²) in [5.41, 5.74) is 2.64. The topological polar surface area (TPSA) is 49.3 Å². The summed E-state index contributed by atoms with van der Waals surface area (Å²) >= 11 is 0. The predicted octanol–water partition coefficient (Wildman–Crippen LogP) is 3.40. The Morgan fingerprint density at radius 3 is 2.65 bits per heavy atom. The minimum Gasteiger partial charge on any atom is -0.480 e. The van der Waals surface area contributed by atoms with Gasteiger partial charge >= 0.3 is 5.97 Å². The summed E-state index contributed by atoms with van der Waals surface area (Å²) in [5, 5.41) is 12.8. The molecule has 0 saturated carbocycles. The highest BCUT2D eigenvalue weighted by molar-refractivity contribution is 5.73. The molecule has 1 aliphatic rings. The SMILES string of the molecule is CC(C)CC(NC1c2ccccc2CC1(C)C)C(=O)O. The van der Waals surface area contributed by atoms with E-state index in [0.29, 0.717) is 12.3 Å². The van der Waals surface area contributed by atoms with Crippen LogP contribution >= 0.6 is 0 Å². The average Bonchev–Trinajstić information content (AvgIpc) is 2.58. The van der Waals surface area contributed by atoms with Gasteiger partial charge in [0.05, 0.1) is 0 Å². The molecule has 1 aliphatic carbocycles. The molecule has 2 rings (SSSR count). The first-order chi connectivity index (χ1) is 9.31. The monoisotopic (exact) mass is 275 g/mol. The molecule has 0 radical (unpaired) electrons. The Morgan fingerprint density at radius 2 is 2.05 bits per heavy atom. The molecule has 0 saturated heterocycles. The highest BCUT2D eigenvalue weighted by Crippen LogP contribution is 2.45. The van der Waals surface area contributed by atoms with E-state index in [0.717, 1.165) is 6.42 Å². The maximum atomic E-state index is 11.5. The third-order valence-corrected chi connectivity index (χ3v) is 4.17. The second-order valence-corrected chi connectivity index (χ2v) is 6.98. The summed E-state index contributed by atoms with van der Waals surface area (Å²) in [4.78, 5) is 11.5. The molecule has 0 aliphatic heterocycles. The normalized spacial score (nSPS) is 21.8. The van der Waals surface area contributed by atoms with Crippen molar-refractivity contribution in [1.29, 1.82) is 0 Å². The summed E-state index contributed by atoms with van der Waals surface area (Å²) in [7, 11) is 0. The Kier molecular flexibility index (Phi) is 4.19. The number of fused-ring (bicyclic) bond motifs is 1. The van der Waals surface area contributed by atoms with Crippen LogP contribution < -0.4 is 5.32 Å². The highest BCUT2D eigenvalue weighted by atomic mass is 16.4. The second-order valence-electron chi connectivity index (χ2n) is 6.98. The number of benzene rings is 1. The van der Waals surface area contributed by atoms with Gasteiger partial charge in [-0.05, 0) is 35.3 Å². The molecule has 3 nitrogen and oxygen atoms in total. The zero-order valence-corrected chi connectivity index (χ0v) is 12.8. The van der Waals surface area contributed by atoms with E-state index in [-0.39, 0.29) is 11.5 Å². The Labute approximate surface area is 121 Å². The predicted molar refractivity (Wildman–Crippen MR) is 80.7 cm³/mol. The Morgan fingerprint density at radius 1 is 1.40 bits per heavy atom. The highest BCUT2D eigenvalue weighted by Gasteiger charge is 2.40. The van der Waals surface area contributed by atoms with E-state index >= 15 is 0 Å². The van der Waals surface area contributed by atoms with Crippen LogP contribution in [-0.4, -0.2) is 17.1 Å². The van der Waals surface area contributed by atoms with Crippen LogP contribution in [-0.2, 0) is 11.2 Å². The molecular formula is C17H25NO2. The molecule has 1 aromatic rings. The van der Waals surface area contributed by atoms with E-state index in [1.807, 2.05) is 6.07 Å². The van der Waals surface area contributed by atoms with Gasteiger partial charge in [0.2, 0.25) is 0 Å². The second kappa shape index (κ2) is 5.57. The van der Waals surface area contributed by atoms with Crippen LogP contribution in [0.4, 0.5) is 0 Å². The van der Waals surface area contributed by atoms with Crippen LogP contribution in [0, 0.1) is 11.3 Å². The Bertz CT molecular complexity index is 494. The van der Waals surface area contributed by atoms with Gasteiger partial charge in [0, 0.05) is 6.04 Å². The minimum atomic E-state index is -0.751. The van der Waals surface area contributed by atoms with Crippen LogP contribution in [0.25, 0.3) is 0 Å². The smallest absolute Gasteiger partial charge is 0.320 e. The van der Waals surface area contributed by atoms with Crippen molar-refractivity contribution in [2.45, 2.75) is 52.6 Å². The molecule has 0 amide bonds. The zero-order valence-electron chi connectivity index (χ0n) is 12.8. The number of nitrogens with one attached hydrogen (secondary N) is 1. The molecule has 0 spiro atoms. The van der Waals surface area contributed by atoms with Gasteiger partial charge < -0.3 is 5.11 Å². The quantitative estimate of drug-likeness (QED) is 0.866. The van der Waals surface area contributed by atoms with E-state index in [1.54, 1.807) is 0 Å². The molecule has 0 fully saturated rings. The van der Waals surface area contributed by atoms with E-state index in [1.165, 1.54) is 11.1 Å². The van der Waals surface area contributed by atoms with Crippen molar-refractivity contribution in [3.05, 3.63) is 35.4 Å². The maximum absolute atomic E-state index is 11.5. The van der Waals surface area contributed by atoms with E-state index in [2.05, 4.69) is 51.2 Å². The first kappa shape index (κ1) is 15.0. The van der Waals surface area contributed by atoms with Crippen LogP contribution in [0.5, 0.6) is 0 Å². The van der Waals surface area contributed by atoms with E-state index in [4.69, 9.17) is 0 Å². The fourth-order valence-electron chi connectivity index (χ4n) is 3.22. The van der Waals surface area contributed by atoms with Crippen LogP contribution in [0.1, 0.15) is 51.3 Å². The zero-order chi connectivity index (χ0) is 14.9. The summed E-state index contributed by atoms with van der Waals surface area (Å²) < 4.78 is 0. The molecule has 0 bridgehead atoms. The lowest BCUT2D eigenvalue weighted by molar-refractivity contribution is -0.140. The number of aliphatic carboxylic acids is 1. The number of hydrogen-bond acceptors (Lipinski definition) is 2. The summed E-state index contributed by atoms with van der Waals surface area (Å²) in [6, 6.07) is 7.99. The van der Waals surface area contributed by atoms with Crippen molar-refractivity contribution in [2.24, 2.45) is 11.3 Å². The van der Waals surface area contributed by atoms with Crippen molar-refractivity contribution in [1.82, 2.24) is 5.32 Å². The molecule has 110 valence electrons. The van der Waals surface area contributed by atoms with Gasteiger partial charge in [0.15, 0.2) is 0 Å². The van der Waals surface area contributed by atoms with Gasteiger partial charge in [0.1, 0.15) is 6.04 Å². The molecule has 2 unspecified atom stereocenters. The number of rotatable bonds is 5. The van der Waals surface area contributed by atoms with Crippen LogP contribution in [0.15, 0.2) is 24.3 Å². The maximum Gasteiger partial charge on any atom is 0.320 e. The van der Waals surface area contributed by atoms with Gasteiger partial charge in [-0.2, -0.15) is 0 Å². The largest absolute Gasteiger partial charge is 0.480 e. The molecule has 2 atom stereocenters. The lowest BCUT2D eigenvalue weighted by Crippen LogP contribution is -2.43. The summed E-state index contributed by atoms with van der Waals surface area (Å²) in [5.74, 6) is -0.387. The standard InChI is InChI=1S/C17H25NO2/c1-11(2)9-14(16(19)20)18-15-13-8-6-5-7-12(13)10-17(15,3)4/h5-8,11,14-15,18H,9-10H2,1-4H3,(H,19,20). The Balaban J connectivity index is 2.24. The third kappa shape index (κ3) is 3.04. The summed E-state index contributed by atoms with van der Waals surface area (Å²) in [6.07, 6.45) is 1.65. The van der Waals surface area contributed by atoms with Gasteiger partial charge in [0.25, 0.3) is 0 Å². The summed E-state index contributed by atoms with van der Waals surface area (Å²) in [6.45, 7) is 8.54. The lowest BCUT2D eigenvalue weighted by atomic mass is 9.84. The average molecular weight is 275 g/mol. The number of hydrogen-bond donors (Lipinski definition) is 2. The Hall–Kier alpha value is -1.35. The van der Waals surface area contributed by atoms with Crippen molar-refractivity contribution >= 4 is 5.97 Å². The molecule has 1 aromatic carbocycles. The fourth-order valence-corrected chi connectivity index (χ4v) is 3.22. The van der Waals surface area contributed by atoms with E-state index in [9.17, 15) is 9.90 Å². The van der Waals surface area contributed by atoms with E-state index < -0.39 is 12.0 Å². The lowest BCUT2D eigenvalue weighted by Gasteiger charge is -2.31. The van der Waals surface area contributed by atoms with Gasteiger partial charge in [-0.3, -0.25) is 10.1 Å². The van der Waals surface area contributed by atoms with Crippen molar-refractivity contribution < 1.29 is 9.90 Å². The minimum absolute atomic E-state index is 0.0500. The van der Waals surface area contributed by atoms with Gasteiger partial charge in [-0.25, -0.2) is 0 Å². The molecule has 2 N–H and O–H groups in total. The number of carbonyl (C=O) groups is 1. The molecule has 0 heterocycles. The van der Waals surface area contributed by atoms with Gasteiger partial charge in [-0.15, -0.1) is 0 Å².